The molecule has 0 bridgehead atoms. The fraction of sp³-hybridized carbons (Fsp3) is 0.857. The van der Waals surface area contributed by atoms with Crippen LogP contribution in [0.2, 0.25) is 0 Å². The number of likely N-dealkylation sites (tertiary alicyclic amines) is 1. The Morgan fingerprint density at radius 3 is 2.58 bits per heavy atom. The minimum atomic E-state index is 0.0759. The zero-order valence-electron chi connectivity index (χ0n) is 11.9. The third-order valence-corrected chi connectivity index (χ3v) is 4.09. The van der Waals surface area contributed by atoms with Crippen LogP contribution in [0.1, 0.15) is 38.5 Å². The maximum atomic E-state index is 12.1. The highest BCUT2D eigenvalue weighted by Gasteiger charge is 2.23. The van der Waals surface area contributed by atoms with Crippen LogP contribution in [0.15, 0.2) is 0 Å². The summed E-state index contributed by atoms with van der Waals surface area (Å²) >= 11 is 0. The van der Waals surface area contributed by atoms with E-state index in [1.54, 1.807) is 11.9 Å². The van der Waals surface area contributed by atoms with Gasteiger partial charge in [0.15, 0.2) is 0 Å². The van der Waals surface area contributed by atoms with Crippen LogP contribution >= 0.6 is 0 Å². The Bertz CT molecular complexity index is 321. The Morgan fingerprint density at radius 1 is 1.21 bits per heavy atom. The molecule has 0 spiro atoms. The minimum absolute atomic E-state index is 0.0759. The van der Waals surface area contributed by atoms with E-state index in [0.29, 0.717) is 12.5 Å². The second-order valence-electron chi connectivity index (χ2n) is 5.69. The van der Waals surface area contributed by atoms with Crippen LogP contribution in [0.4, 0.5) is 0 Å². The summed E-state index contributed by atoms with van der Waals surface area (Å²) in [5.74, 6) is 0.164. The monoisotopic (exact) mass is 267 g/mol. The zero-order chi connectivity index (χ0) is 13.7. The second kappa shape index (κ2) is 6.89. The van der Waals surface area contributed by atoms with Crippen molar-refractivity contribution >= 4 is 11.8 Å². The van der Waals surface area contributed by atoms with Crippen LogP contribution < -0.4 is 5.32 Å². The Kier molecular flexibility index (Phi) is 5.19. The Hall–Kier alpha value is -1.10. The molecule has 1 atom stereocenters. The molecule has 1 N–H and O–H groups in total. The molecule has 108 valence electrons. The number of likely N-dealkylation sites (N-methyl/N-ethyl adjacent to an activating group) is 1. The lowest BCUT2D eigenvalue weighted by molar-refractivity contribution is -0.139. The van der Waals surface area contributed by atoms with Gasteiger partial charge in [-0.1, -0.05) is 6.42 Å². The van der Waals surface area contributed by atoms with Crippen molar-refractivity contribution in [3.63, 3.8) is 0 Å². The number of hydrogen-bond donors (Lipinski definition) is 1. The van der Waals surface area contributed by atoms with Gasteiger partial charge in [-0.25, -0.2) is 0 Å². The average Bonchev–Trinajstić information content (AvgIpc) is 2.93. The van der Waals surface area contributed by atoms with Crippen LogP contribution in [0.25, 0.3) is 0 Å². The van der Waals surface area contributed by atoms with Gasteiger partial charge in [0.1, 0.15) is 0 Å². The van der Waals surface area contributed by atoms with Gasteiger partial charge in [-0.05, 0) is 32.2 Å². The molecule has 2 amide bonds. The maximum absolute atomic E-state index is 12.1. The van der Waals surface area contributed by atoms with Gasteiger partial charge in [-0.3, -0.25) is 9.59 Å². The van der Waals surface area contributed by atoms with Crippen molar-refractivity contribution in [1.29, 1.82) is 0 Å². The fourth-order valence-electron chi connectivity index (χ4n) is 2.82. The molecule has 2 aliphatic rings. The molecule has 0 aromatic carbocycles. The molecule has 2 aliphatic heterocycles. The number of nitrogens with zero attached hydrogens (tertiary/aromatic N) is 2. The average molecular weight is 267 g/mol. The van der Waals surface area contributed by atoms with Crippen molar-refractivity contribution in [2.45, 2.75) is 44.6 Å². The van der Waals surface area contributed by atoms with Gasteiger partial charge < -0.3 is 15.1 Å². The summed E-state index contributed by atoms with van der Waals surface area (Å²) in [7, 11) is 1.74. The van der Waals surface area contributed by atoms with E-state index in [9.17, 15) is 9.59 Å². The molecule has 0 radical (unpaired) electrons. The minimum Gasteiger partial charge on any atom is -0.341 e. The summed E-state index contributed by atoms with van der Waals surface area (Å²) in [5.41, 5.74) is 0. The van der Waals surface area contributed by atoms with Gasteiger partial charge in [0.05, 0.1) is 6.54 Å². The smallest absolute Gasteiger partial charge is 0.242 e. The molecule has 2 rings (SSSR count). The number of rotatable bonds is 4. The molecule has 2 fully saturated rings. The third-order valence-electron chi connectivity index (χ3n) is 4.09. The molecule has 0 aromatic heterocycles. The van der Waals surface area contributed by atoms with Crippen LogP contribution in [-0.4, -0.2) is 60.9 Å². The quantitative estimate of drug-likeness (QED) is 0.811. The van der Waals surface area contributed by atoms with Crippen molar-refractivity contribution in [2.75, 3.05) is 33.2 Å². The van der Waals surface area contributed by atoms with Crippen molar-refractivity contribution in [2.24, 2.45) is 0 Å². The molecular formula is C14H25N3O2. The van der Waals surface area contributed by atoms with Crippen molar-refractivity contribution < 1.29 is 9.59 Å². The van der Waals surface area contributed by atoms with E-state index >= 15 is 0 Å². The first kappa shape index (κ1) is 14.3. The van der Waals surface area contributed by atoms with E-state index in [2.05, 4.69) is 5.32 Å². The van der Waals surface area contributed by atoms with Crippen molar-refractivity contribution in [3.8, 4) is 0 Å². The molecule has 1 unspecified atom stereocenters. The van der Waals surface area contributed by atoms with Crippen LogP contribution in [-0.2, 0) is 9.59 Å². The number of carbonyl (C=O) groups is 2. The summed E-state index contributed by atoms with van der Waals surface area (Å²) in [5, 5.41) is 3.37. The predicted molar refractivity (Wildman–Crippen MR) is 73.7 cm³/mol. The van der Waals surface area contributed by atoms with E-state index in [-0.39, 0.29) is 18.4 Å². The highest BCUT2D eigenvalue weighted by molar-refractivity contribution is 5.85. The summed E-state index contributed by atoms with van der Waals surface area (Å²) in [6, 6.07) is 0.297. The summed E-state index contributed by atoms with van der Waals surface area (Å²) in [6.07, 6.45) is 6.17. The Labute approximate surface area is 115 Å². The van der Waals surface area contributed by atoms with E-state index in [1.165, 1.54) is 12.8 Å². The first-order valence-corrected chi connectivity index (χ1v) is 7.42. The summed E-state index contributed by atoms with van der Waals surface area (Å²) < 4.78 is 0. The Morgan fingerprint density at radius 2 is 1.95 bits per heavy atom. The number of piperidine rings is 1. The molecule has 0 saturated carbocycles. The maximum Gasteiger partial charge on any atom is 0.242 e. The highest BCUT2D eigenvalue weighted by Crippen LogP contribution is 2.12. The largest absolute Gasteiger partial charge is 0.341 e. The third kappa shape index (κ3) is 4.20. The molecule has 5 heteroatoms. The Balaban J connectivity index is 1.73. The van der Waals surface area contributed by atoms with E-state index in [4.69, 9.17) is 0 Å². The van der Waals surface area contributed by atoms with Gasteiger partial charge in [-0.15, -0.1) is 0 Å². The van der Waals surface area contributed by atoms with Gasteiger partial charge >= 0.3 is 0 Å². The summed E-state index contributed by atoms with van der Waals surface area (Å²) in [6.45, 7) is 2.94. The topological polar surface area (TPSA) is 52.7 Å². The molecule has 5 nitrogen and oxygen atoms in total. The molecule has 2 heterocycles. The standard InChI is InChI=1S/C14H25N3O2/c1-16(11-14(19)17-8-4-5-9-17)13(18)10-12-6-2-3-7-15-12/h12,15H,2-11H2,1H3. The first-order chi connectivity index (χ1) is 9.16. The van der Waals surface area contributed by atoms with Gasteiger partial charge in [0.25, 0.3) is 0 Å². The lowest BCUT2D eigenvalue weighted by Gasteiger charge is -2.26. The van der Waals surface area contributed by atoms with E-state index in [1.807, 2.05) is 4.90 Å². The van der Waals surface area contributed by atoms with Gasteiger partial charge in [0.2, 0.25) is 11.8 Å². The summed E-state index contributed by atoms with van der Waals surface area (Å²) in [4.78, 5) is 27.5. The number of carbonyl (C=O) groups excluding carboxylic acids is 2. The van der Waals surface area contributed by atoms with Gasteiger partial charge in [0, 0.05) is 32.6 Å². The highest BCUT2D eigenvalue weighted by atomic mass is 16.2. The van der Waals surface area contributed by atoms with E-state index in [0.717, 1.165) is 38.9 Å². The number of nitrogens with one attached hydrogen (secondary N) is 1. The van der Waals surface area contributed by atoms with Crippen LogP contribution in [0, 0.1) is 0 Å². The first-order valence-electron chi connectivity index (χ1n) is 7.42. The number of amides is 2. The van der Waals surface area contributed by atoms with Crippen molar-refractivity contribution in [1.82, 2.24) is 15.1 Å². The normalized spacial score (nSPS) is 23.4. The van der Waals surface area contributed by atoms with Crippen LogP contribution in [0.3, 0.4) is 0 Å². The molecular weight excluding hydrogens is 242 g/mol. The molecule has 0 aromatic rings. The van der Waals surface area contributed by atoms with Crippen LogP contribution in [0.5, 0.6) is 0 Å². The predicted octanol–water partition coefficient (Wildman–Crippen LogP) is 0.599. The lowest BCUT2D eigenvalue weighted by Crippen LogP contribution is -2.43. The number of hydrogen-bond acceptors (Lipinski definition) is 3. The lowest BCUT2D eigenvalue weighted by atomic mass is 10.0. The van der Waals surface area contributed by atoms with Crippen molar-refractivity contribution in [3.05, 3.63) is 0 Å². The second-order valence-corrected chi connectivity index (χ2v) is 5.69. The van der Waals surface area contributed by atoms with E-state index < -0.39 is 0 Å². The SMILES string of the molecule is CN(CC(=O)N1CCCC1)C(=O)CC1CCCCN1. The van der Waals surface area contributed by atoms with Gasteiger partial charge in [-0.2, -0.15) is 0 Å². The molecule has 0 aliphatic carbocycles. The molecule has 2 saturated heterocycles. The fourth-order valence-corrected chi connectivity index (χ4v) is 2.82. The zero-order valence-corrected chi connectivity index (χ0v) is 11.9. The molecule has 19 heavy (non-hydrogen) atoms.